The van der Waals surface area contributed by atoms with Crippen LogP contribution in [-0.4, -0.2) is 38.6 Å². The van der Waals surface area contributed by atoms with Gasteiger partial charge in [0.15, 0.2) is 0 Å². The number of carboxylic acids is 1. The van der Waals surface area contributed by atoms with Gasteiger partial charge in [0.25, 0.3) is 11.8 Å². The highest BCUT2D eigenvalue weighted by Crippen LogP contribution is 2.30. The van der Waals surface area contributed by atoms with E-state index in [4.69, 9.17) is 5.11 Å². The second kappa shape index (κ2) is 3.92. The first kappa shape index (κ1) is 12.3. The van der Waals surface area contributed by atoms with E-state index in [1.54, 1.807) is 12.1 Å². The minimum Gasteiger partial charge on any atom is -0.478 e. The molecule has 1 aliphatic heterocycles. The number of rotatable bonds is 3. The summed E-state index contributed by atoms with van der Waals surface area (Å²) < 4.78 is 0. The van der Waals surface area contributed by atoms with Crippen LogP contribution in [-0.2, 0) is 4.79 Å². The third-order valence-corrected chi connectivity index (χ3v) is 3.00. The molecule has 0 unspecified atom stereocenters. The highest BCUT2D eigenvalue weighted by atomic mass is 16.4. The molecule has 0 bridgehead atoms. The van der Waals surface area contributed by atoms with Crippen molar-refractivity contribution >= 4 is 17.8 Å². The van der Waals surface area contributed by atoms with Crippen molar-refractivity contribution in [2.45, 2.75) is 19.1 Å². The Hall–Kier alpha value is -2.21. The van der Waals surface area contributed by atoms with E-state index in [9.17, 15) is 19.5 Å². The summed E-state index contributed by atoms with van der Waals surface area (Å²) in [6, 6.07) is 5.99. The van der Waals surface area contributed by atoms with Crippen molar-refractivity contribution in [1.29, 1.82) is 0 Å². The molecule has 6 nitrogen and oxygen atoms in total. The number of fused-ring (bicyclic) bond motifs is 1. The van der Waals surface area contributed by atoms with E-state index >= 15 is 0 Å². The van der Waals surface area contributed by atoms with Gasteiger partial charge in [0.05, 0.1) is 11.1 Å². The maximum atomic E-state index is 12.0. The Labute approximate surface area is 102 Å². The van der Waals surface area contributed by atoms with Gasteiger partial charge >= 0.3 is 5.97 Å². The Bertz CT molecular complexity index is 518. The van der Waals surface area contributed by atoms with Crippen molar-refractivity contribution in [2.24, 2.45) is 0 Å². The molecule has 0 spiro atoms. The van der Waals surface area contributed by atoms with Crippen LogP contribution >= 0.6 is 0 Å². The standard InChI is InChI=1S/C12H11NO5/c1-2-12(18,11(16)17)13-9(14)7-5-3-4-6-8(7)10(13)15/h3-6,18H,2H2,1H3,(H,16,17)/t12-/m1/s1. The summed E-state index contributed by atoms with van der Waals surface area (Å²) in [5.41, 5.74) is -2.29. The Balaban J connectivity index is 2.55. The van der Waals surface area contributed by atoms with Crippen LogP contribution in [0.2, 0.25) is 0 Å². The van der Waals surface area contributed by atoms with Gasteiger partial charge in [0, 0.05) is 6.42 Å². The molecule has 0 fully saturated rings. The molecule has 1 heterocycles. The maximum absolute atomic E-state index is 12.0. The van der Waals surface area contributed by atoms with Crippen LogP contribution in [0.5, 0.6) is 0 Å². The lowest BCUT2D eigenvalue weighted by Crippen LogP contribution is -2.56. The molecule has 2 amide bonds. The molecule has 1 aliphatic rings. The van der Waals surface area contributed by atoms with Crippen LogP contribution in [0.3, 0.4) is 0 Å². The van der Waals surface area contributed by atoms with Crippen molar-refractivity contribution in [3.05, 3.63) is 35.4 Å². The van der Waals surface area contributed by atoms with Gasteiger partial charge in [0.2, 0.25) is 5.72 Å². The largest absolute Gasteiger partial charge is 0.478 e. The molecule has 1 aromatic rings. The summed E-state index contributed by atoms with van der Waals surface area (Å²) in [5.74, 6) is -3.20. The minimum absolute atomic E-state index is 0.107. The zero-order chi connectivity index (χ0) is 13.5. The third-order valence-electron chi connectivity index (χ3n) is 3.00. The summed E-state index contributed by atoms with van der Waals surface area (Å²) in [4.78, 5) is 35.5. The average molecular weight is 249 g/mol. The number of nitrogens with zero attached hydrogens (tertiary/aromatic N) is 1. The van der Waals surface area contributed by atoms with E-state index in [2.05, 4.69) is 0 Å². The molecule has 0 aromatic heterocycles. The molecule has 18 heavy (non-hydrogen) atoms. The number of aliphatic carboxylic acids is 1. The maximum Gasteiger partial charge on any atom is 0.357 e. The molecule has 1 atom stereocenters. The topological polar surface area (TPSA) is 94.9 Å². The van der Waals surface area contributed by atoms with Crippen molar-refractivity contribution in [3.8, 4) is 0 Å². The summed E-state index contributed by atoms with van der Waals surface area (Å²) >= 11 is 0. The zero-order valence-electron chi connectivity index (χ0n) is 9.58. The van der Waals surface area contributed by atoms with Gasteiger partial charge in [-0.2, -0.15) is 0 Å². The van der Waals surface area contributed by atoms with Gasteiger partial charge in [-0.25, -0.2) is 9.69 Å². The number of aliphatic hydroxyl groups is 1. The second-order valence-electron chi connectivity index (χ2n) is 3.97. The van der Waals surface area contributed by atoms with E-state index < -0.39 is 23.5 Å². The van der Waals surface area contributed by atoms with Gasteiger partial charge < -0.3 is 10.2 Å². The van der Waals surface area contributed by atoms with Crippen molar-refractivity contribution < 1.29 is 24.6 Å². The first-order valence-electron chi connectivity index (χ1n) is 5.37. The Morgan fingerprint density at radius 3 is 2.00 bits per heavy atom. The number of imide groups is 1. The van der Waals surface area contributed by atoms with Crippen LogP contribution in [0.1, 0.15) is 34.1 Å². The molecule has 0 saturated carbocycles. The van der Waals surface area contributed by atoms with Crippen molar-refractivity contribution in [3.63, 3.8) is 0 Å². The smallest absolute Gasteiger partial charge is 0.357 e. The van der Waals surface area contributed by atoms with Crippen molar-refractivity contribution in [2.75, 3.05) is 0 Å². The van der Waals surface area contributed by atoms with Crippen LogP contribution in [0.15, 0.2) is 24.3 Å². The SMILES string of the molecule is CC[C@@](O)(C(=O)O)N1C(=O)c2ccccc2C1=O. The van der Waals surface area contributed by atoms with Crippen LogP contribution in [0.4, 0.5) is 0 Å². The normalized spacial score (nSPS) is 17.6. The first-order chi connectivity index (χ1) is 8.43. The van der Waals surface area contributed by atoms with Crippen LogP contribution < -0.4 is 0 Å². The molecule has 0 saturated heterocycles. The number of hydrogen-bond donors (Lipinski definition) is 2. The monoisotopic (exact) mass is 249 g/mol. The highest BCUT2D eigenvalue weighted by Gasteiger charge is 2.51. The van der Waals surface area contributed by atoms with E-state index in [-0.39, 0.29) is 17.5 Å². The number of amides is 2. The van der Waals surface area contributed by atoms with Gasteiger partial charge in [-0.15, -0.1) is 0 Å². The number of benzene rings is 1. The minimum atomic E-state index is -2.51. The van der Waals surface area contributed by atoms with Gasteiger partial charge in [0.1, 0.15) is 0 Å². The average Bonchev–Trinajstić information content (AvgIpc) is 2.62. The van der Waals surface area contributed by atoms with E-state index in [0.717, 1.165) is 0 Å². The molecule has 1 aromatic carbocycles. The van der Waals surface area contributed by atoms with E-state index in [1.165, 1.54) is 19.1 Å². The summed E-state index contributed by atoms with van der Waals surface area (Å²) in [6.45, 7) is 1.39. The molecule has 2 rings (SSSR count). The lowest BCUT2D eigenvalue weighted by Gasteiger charge is -2.30. The van der Waals surface area contributed by atoms with Crippen LogP contribution in [0.25, 0.3) is 0 Å². The Morgan fingerprint density at radius 1 is 1.22 bits per heavy atom. The molecule has 6 heteroatoms. The summed E-state index contributed by atoms with van der Waals surface area (Å²) in [5, 5.41) is 19.0. The second-order valence-corrected chi connectivity index (χ2v) is 3.97. The summed E-state index contributed by atoms with van der Waals surface area (Å²) in [7, 11) is 0. The fourth-order valence-corrected chi connectivity index (χ4v) is 1.93. The predicted octanol–water partition coefficient (Wildman–Crippen LogP) is 0.466. The number of hydrogen-bond acceptors (Lipinski definition) is 4. The van der Waals surface area contributed by atoms with E-state index in [0.29, 0.717) is 4.90 Å². The van der Waals surface area contributed by atoms with Crippen LogP contribution in [0, 0.1) is 0 Å². The van der Waals surface area contributed by atoms with E-state index in [1.807, 2.05) is 0 Å². The molecular weight excluding hydrogens is 238 g/mol. The summed E-state index contributed by atoms with van der Waals surface area (Å²) in [6.07, 6.45) is -0.284. The van der Waals surface area contributed by atoms with Gasteiger partial charge in [-0.3, -0.25) is 9.59 Å². The fraction of sp³-hybridized carbons (Fsp3) is 0.250. The molecule has 94 valence electrons. The lowest BCUT2D eigenvalue weighted by molar-refractivity contribution is -0.172. The van der Waals surface area contributed by atoms with Crippen molar-refractivity contribution in [1.82, 2.24) is 4.90 Å². The third kappa shape index (κ3) is 1.42. The molecule has 0 aliphatic carbocycles. The lowest BCUT2D eigenvalue weighted by atomic mass is 10.1. The van der Waals surface area contributed by atoms with Gasteiger partial charge in [-0.05, 0) is 12.1 Å². The van der Waals surface area contributed by atoms with Gasteiger partial charge in [-0.1, -0.05) is 19.1 Å². The fourth-order valence-electron chi connectivity index (χ4n) is 1.93. The zero-order valence-corrected chi connectivity index (χ0v) is 9.58. The Morgan fingerprint density at radius 2 is 1.67 bits per heavy atom. The first-order valence-corrected chi connectivity index (χ1v) is 5.37. The quantitative estimate of drug-likeness (QED) is 0.759. The number of carbonyl (C=O) groups excluding carboxylic acids is 2. The number of carboxylic acid groups (broad SMARTS) is 1. The molecule has 0 radical (unpaired) electrons. The number of carbonyl (C=O) groups is 3. The molecular formula is C12H11NO5. The highest BCUT2D eigenvalue weighted by molar-refractivity contribution is 6.23. The molecule has 2 N–H and O–H groups in total. The Kier molecular flexibility index (Phi) is 2.67. The predicted molar refractivity (Wildman–Crippen MR) is 59.8 cm³/mol.